The fraction of sp³-hybridized carbons (Fsp3) is 0.318. The molecule has 0 saturated carbocycles. The first-order valence-corrected chi connectivity index (χ1v) is 10.0. The van der Waals surface area contributed by atoms with Crippen LogP contribution in [0.3, 0.4) is 0 Å². The number of ether oxygens (including phenoxy) is 1. The van der Waals surface area contributed by atoms with Gasteiger partial charge in [0.1, 0.15) is 11.3 Å². The number of aromatic nitrogens is 2. The first kappa shape index (κ1) is 21.9. The van der Waals surface area contributed by atoms with Gasteiger partial charge in [0.05, 0.1) is 24.2 Å². The predicted octanol–water partition coefficient (Wildman–Crippen LogP) is 2.95. The summed E-state index contributed by atoms with van der Waals surface area (Å²) in [5, 5.41) is 17.4. The number of hydrogen-bond donors (Lipinski definition) is 3. The Morgan fingerprint density at radius 3 is 2.81 bits per heavy atom. The van der Waals surface area contributed by atoms with Gasteiger partial charge in [-0.2, -0.15) is 0 Å². The lowest BCUT2D eigenvalue weighted by Gasteiger charge is -2.26. The van der Waals surface area contributed by atoms with Crippen molar-refractivity contribution in [2.45, 2.75) is 25.3 Å². The molecule has 162 valence electrons. The highest BCUT2D eigenvalue weighted by Gasteiger charge is 2.27. The van der Waals surface area contributed by atoms with Gasteiger partial charge in [0.15, 0.2) is 0 Å². The van der Waals surface area contributed by atoms with Crippen molar-refractivity contribution in [3.05, 3.63) is 42.5 Å². The van der Waals surface area contributed by atoms with Crippen molar-refractivity contribution in [1.82, 2.24) is 14.5 Å². The van der Waals surface area contributed by atoms with Crippen LogP contribution in [0, 0.1) is 10.8 Å². The molecule has 2 heterocycles. The van der Waals surface area contributed by atoms with Crippen molar-refractivity contribution < 1.29 is 14.3 Å². The van der Waals surface area contributed by atoms with Gasteiger partial charge in [0.25, 0.3) is 5.91 Å². The average molecular weight is 422 g/mol. The Balaban J connectivity index is 2.12. The predicted molar refractivity (Wildman–Crippen MR) is 120 cm³/mol. The Hall–Kier alpha value is -3.75. The minimum absolute atomic E-state index is 0.0323. The van der Waals surface area contributed by atoms with E-state index in [1.165, 1.54) is 12.2 Å². The van der Waals surface area contributed by atoms with Crippen LogP contribution in [0.25, 0.3) is 11.0 Å². The smallest absolute Gasteiger partial charge is 0.259 e. The van der Waals surface area contributed by atoms with E-state index >= 15 is 0 Å². The first-order chi connectivity index (χ1) is 15.0. The monoisotopic (exact) mass is 422 g/mol. The molecule has 2 aromatic rings. The molecule has 2 amide bonds. The van der Waals surface area contributed by atoms with Crippen LogP contribution in [-0.4, -0.2) is 58.9 Å². The summed E-state index contributed by atoms with van der Waals surface area (Å²) in [6.45, 7) is 4.70. The molecule has 1 atom stereocenters. The second-order valence-electron chi connectivity index (χ2n) is 7.16. The molecule has 1 aliphatic heterocycles. The summed E-state index contributed by atoms with van der Waals surface area (Å²) in [6, 6.07) is 5.34. The van der Waals surface area contributed by atoms with Crippen LogP contribution in [0.15, 0.2) is 42.5 Å². The maximum absolute atomic E-state index is 12.7. The summed E-state index contributed by atoms with van der Waals surface area (Å²) >= 11 is 0. The van der Waals surface area contributed by atoms with Gasteiger partial charge in [-0.25, -0.2) is 4.98 Å². The zero-order chi connectivity index (χ0) is 22.4. The number of rotatable bonds is 7. The number of amides is 2. The topological polar surface area (TPSA) is 124 Å². The van der Waals surface area contributed by atoms with Crippen LogP contribution in [0.4, 0.5) is 5.95 Å². The number of nitrogens with one attached hydrogen (secondary N) is 3. The minimum atomic E-state index is -0.540. The Morgan fingerprint density at radius 1 is 1.32 bits per heavy atom. The van der Waals surface area contributed by atoms with Crippen LogP contribution < -0.4 is 10.1 Å². The van der Waals surface area contributed by atoms with E-state index in [9.17, 15) is 9.59 Å². The maximum atomic E-state index is 12.7. The van der Waals surface area contributed by atoms with Crippen LogP contribution in [-0.2, 0) is 9.59 Å². The third kappa shape index (κ3) is 4.55. The van der Waals surface area contributed by atoms with Gasteiger partial charge in [-0.3, -0.25) is 14.9 Å². The number of para-hydroxylation sites is 1. The van der Waals surface area contributed by atoms with Crippen LogP contribution in [0.2, 0.25) is 0 Å². The van der Waals surface area contributed by atoms with Gasteiger partial charge < -0.3 is 25.0 Å². The number of carbonyl (C=O) groups excluding carboxylic acids is 2. The Bertz CT molecular complexity index is 1050. The second kappa shape index (κ2) is 9.84. The number of benzene rings is 1. The Labute approximate surface area is 180 Å². The summed E-state index contributed by atoms with van der Waals surface area (Å²) < 4.78 is 7.47. The molecule has 3 rings (SSSR count). The summed E-state index contributed by atoms with van der Waals surface area (Å²) in [7, 11) is 1.57. The first-order valence-electron chi connectivity index (χ1n) is 10.0. The van der Waals surface area contributed by atoms with Gasteiger partial charge in [-0.15, -0.1) is 0 Å². The molecule has 3 N–H and O–H groups in total. The quantitative estimate of drug-likeness (QED) is 0.469. The third-order valence-electron chi connectivity index (χ3n) is 5.30. The molecular weight excluding hydrogens is 396 g/mol. The molecule has 1 aromatic carbocycles. The molecule has 0 bridgehead atoms. The van der Waals surface area contributed by atoms with Crippen LogP contribution >= 0.6 is 0 Å². The van der Waals surface area contributed by atoms with Crippen molar-refractivity contribution in [2.75, 3.05) is 25.5 Å². The highest BCUT2D eigenvalue weighted by Crippen LogP contribution is 2.35. The van der Waals surface area contributed by atoms with E-state index in [1.54, 1.807) is 12.0 Å². The maximum Gasteiger partial charge on any atom is 0.259 e. The second-order valence-corrected chi connectivity index (χ2v) is 7.16. The van der Waals surface area contributed by atoms with Gasteiger partial charge >= 0.3 is 0 Å². The lowest BCUT2D eigenvalue weighted by atomic mass is 10.1. The van der Waals surface area contributed by atoms with Crippen LogP contribution in [0.5, 0.6) is 5.75 Å². The normalized spacial score (nSPS) is 17.0. The molecule has 9 nitrogen and oxygen atoms in total. The van der Waals surface area contributed by atoms with Gasteiger partial charge in [-0.05, 0) is 43.5 Å². The Morgan fingerprint density at radius 2 is 2.13 bits per heavy atom. The zero-order valence-corrected chi connectivity index (χ0v) is 17.4. The lowest BCUT2D eigenvalue weighted by Crippen LogP contribution is -2.34. The molecule has 1 aliphatic rings. The van der Waals surface area contributed by atoms with E-state index in [-0.39, 0.29) is 17.5 Å². The number of carbonyl (C=O) groups is 2. The third-order valence-corrected chi connectivity index (χ3v) is 5.30. The number of allylic oxidation sites excluding steroid dienone is 1. The largest absolute Gasteiger partial charge is 0.494 e. The molecule has 0 spiro atoms. The lowest BCUT2D eigenvalue weighted by molar-refractivity contribution is -0.126. The van der Waals surface area contributed by atoms with Crippen molar-refractivity contribution in [1.29, 1.82) is 10.8 Å². The number of hydrogen-bond acceptors (Lipinski definition) is 6. The number of imidazole rings is 1. The fourth-order valence-electron chi connectivity index (χ4n) is 3.84. The number of nitrogens with zero attached hydrogens (tertiary/aromatic N) is 3. The molecule has 1 unspecified atom stereocenters. The highest BCUT2D eigenvalue weighted by atomic mass is 16.5. The fourth-order valence-corrected chi connectivity index (χ4v) is 3.84. The number of methoxy groups -OCH3 is 1. The SMILES string of the molecule is C=CC(=O)N1CCCCC(n2c(NC(=O)/C(C=N)=C/C=N)nc3cccc(OC)c32)C1. The van der Waals surface area contributed by atoms with E-state index in [4.69, 9.17) is 15.6 Å². The Kier molecular flexibility index (Phi) is 6.96. The average Bonchev–Trinajstić information content (AvgIpc) is 2.97. The van der Waals surface area contributed by atoms with Gasteiger partial charge in [-0.1, -0.05) is 12.6 Å². The summed E-state index contributed by atoms with van der Waals surface area (Å²) in [5.41, 5.74) is 1.41. The number of fused-ring (bicyclic) bond motifs is 1. The van der Waals surface area contributed by atoms with Gasteiger partial charge in [0, 0.05) is 25.5 Å². The molecular formula is C22H26N6O3. The minimum Gasteiger partial charge on any atom is -0.494 e. The summed E-state index contributed by atoms with van der Waals surface area (Å²) in [4.78, 5) is 31.4. The zero-order valence-electron chi connectivity index (χ0n) is 17.4. The molecule has 0 aliphatic carbocycles. The van der Waals surface area contributed by atoms with Crippen molar-refractivity contribution in [3.63, 3.8) is 0 Å². The van der Waals surface area contributed by atoms with E-state index < -0.39 is 5.91 Å². The standard InChI is InChI=1S/C22H26N6O3/c1-3-19(29)27-12-5-4-7-16(14-27)28-20-17(8-6-9-18(20)31-2)25-22(28)26-21(30)15(13-24)10-11-23/h3,6,8-11,13,16,23-24H,1,4-5,7,12,14H2,2H3,(H,25,26,30)/b15-10+,23-11?,24-13?. The number of likely N-dealkylation sites (tertiary alicyclic amines) is 1. The van der Waals surface area contributed by atoms with Crippen molar-refractivity contribution in [3.8, 4) is 5.75 Å². The van der Waals surface area contributed by atoms with E-state index in [2.05, 4.69) is 16.9 Å². The molecule has 1 fully saturated rings. The van der Waals surface area contributed by atoms with E-state index in [0.29, 0.717) is 30.3 Å². The number of anilines is 1. The molecule has 0 radical (unpaired) electrons. The summed E-state index contributed by atoms with van der Waals surface area (Å²) in [6.07, 6.45) is 6.98. The van der Waals surface area contributed by atoms with Crippen molar-refractivity contribution >= 4 is 41.2 Å². The van der Waals surface area contributed by atoms with Crippen LogP contribution in [0.1, 0.15) is 25.3 Å². The molecule has 9 heteroatoms. The summed E-state index contributed by atoms with van der Waals surface area (Å²) in [5.74, 6) is 0.245. The van der Waals surface area contributed by atoms with Gasteiger partial charge in [0.2, 0.25) is 11.9 Å². The highest BCUT2D eigenvalue weighted by molar-refractivity contribution is 6.18. The molecule has 1 aromatic heterocycles. The molecule has 1 saturated heterocycles. The van der Waals surface area contributed by atoms with E-state index in [1.807, 2.05) is 22.8 Å². The molecule has 31 heavy (non-hydrogen) atoms. The van der Waals surface area contributed by atoms with Crippen molar-refractivity contribution in [2.24, 2.45) is 0 Å². The van der Waals surface area contributed by atoms with E-state index in [0.717, 1.165) is 37.2 Å².